The number of hydrogen-bond acceptors (Lipinski definition) is 2. The number of aliphatic carboxylic acids is 1. The highest BCUT2D eigenvalue weighted by Crippen LogP contribution is 2.32. The Bertz CT molecular complexity index is 355. The molecule has 0 unspecified atom stereocenters. The maximum Gasteiger partial charge on any atom is 0.332 e. The molecular weight excluding hydrogens is 264 g/mol. The highest BCUT2D eigenvalue weighted by Gasteiger charge is 2.24. The molecular formula is C18H30O3. The van der Waals surface area contributed by atoms with Gasteiger partial charge in [0.2, 0.25) is 0 Å². The number of allylic oxidation sites excluding steroid dienone is 1. The average Bonchev–Trinajstić information content (AvgIpc) is 3.17. The third-order valence-corrected chi connectivity index (χ3v) is 3.81. The monoisotopic (exact) mass is 294 g/mol. The molecule has 0 bridgehead atoms. The number of epoxide rings is 1. The van der Waals surface area contributed by atoms with E-state index >= 15 is 0 Å². The fourth-order valence-electron chi connectivity index (χ4n) is 2.49. The second-order valence-electron chi connectivity index (χ2n) is 5.84. The van der Waals surface area contributed by atoms with Gasteiger partial charge in [0.25, 0.3) is 0 Å². The third-order valence-electron chi connectivity index (χ3n) is 3.81. The second kappa shape index (κ2) is 11.4. The summed E-state index contributed by atoms with van der Waals surface area (Å²) in [5, 5.41) is 8.53. The Morgan fingerprint density at radius 1 is 0.905 bits per heavy atom. The van der Waals surface area contributed by atoms with Gasteiger partial charge in [0, 0.05) is 0 Å². The van der Waals surface area contributed by atoms with Gasteiger partial charge >= 0.3 is 5.97 Å². The van der Waals surface area contributed by atoms with Crippen LogP contribution in [0.1, 0.15) is 84.0 Å². The molecule has 0 atom stereocenters. The molecule has 0 saturated carbocycles. The number of hydrogen-bond donors (Lipinski definition) is 1. The van der Waals surface area contributed by atoms with E-state index in [1.807, 2.05) is 6.08 Å². The number of unbranched alkanes of at least 4 members (excludes halogenated alkanes) is 11. The number of carboxylic acid groups (broad SMARTS) is 1. The number of ether oxygens (including phenoxy) is 1. The molecule has 0 amide bonds. The van der Waals surface area contributed by atoms with Crippen molar-refractivity contribution in [3.05, 3.63) is 23.7 Å². The van der Waals surface area contributed by atoms with Crippen LogP contribution in [0.4, 0.5) is 0 Å². The van der Waals surface area contributed by atoms with Crippen LogP contribution in [0.5, 0.6) is 0 Å². The van der Waals surface area contributed by atoms with Crippen molar-refractivity contribution in [3.63, 3.8) is 0 Å². The topological polar surface area (TPSA) is 49.8 Å². The zero-order valence-corrected chi connectivity index (χ0v) is 13.4. The molecule has 1 heterocycles. The summed E-state index contributed by atoms with van der Waals surface area (Å²) in [6.45, 7) is 2.26. The van der Waals surface area contributed by atoms with E-state index in [0.717, 1.165) is 18.3 Å². The van der Waals surface area contributed by atoms with E-state index in [9.17, 15) is 4.79 Å². The lowest BCUT2D eigenvalue weighted by Crippen LogP contribution is -1.84. The lowest BCUT2D eigenvalue weighted by atomic mass is 10.1. The minimum Gasteiger partial charge on any atom is -0.478 e. The Hall–Kier alpha value is -1.25. The fourth-order valence-corrected chi connectivity index (χ4v) is 2.49. The lowest BCUT2D eigenvalue weighted by Gasteiger charge is -2.01. The van der Waals surface area contributed by atoms with E-state index in [4.69, 9.17) is 9.84 Å². The predicted molar refractivity (Wildman–Crippen MR) is 86.0 cm³/mol. The van der Waals surface area contributed by atoms with Gasteiger partial charge in [-0.1, -0.05) is 71.1 Å². The van der Waals surface area contributed by atoms with Crippen LogP contribution in [0.25, 0.3) is 0 Å². The van der Waals surface area contributed by atoms with Crippen LogP contribution in [-0.2, 0) is 9.53 Å². The quantitative estimate of drug-likeness (QED) is 0.274. The standard InChI is InChI=1S/C18H30O3/c1-2-3-4-5-6-7-8-9-10-11-12-13-14-16-17(21-16)15-18(19)20/h14-15H,2-13H2,1H3,(H,19,20). The first-order chi connectivity index (χ1) is 10.2. The zero-order chi connectivity index (χ0) is 15.3. The largest absolute Gasteiger partial charge is 0.478 e. The second-order valence-corrected chi connectivity index (χ2v) is 5.84. The van der Waals surface area contributed by atoms with Crippen LogP contribution in [0.15, 0.2) is 23.7 Å². The molecule has 1 aliphatic heterocycles. The number of carboxylic acids is 1. The summed E-state index contributed by atoms with van der Waals surface area (Å²) in [5.74, 6) is 0.332. The van der Waals surface area contributed by atoms with Crippen LogP contribution in [0.3, 0.4) is 0 Å². The summed E-state index contributed by atoms with van der Waals surface area (Å²) < 4.78 is 5.07. The molecule has 0 aliphatic carbocycles. The van der Waals surface area contributed by atoms with Crippen molar-refractivity contribution in [1.82, 2.24) is 0 Å². The van der Waals surface area contributed by atoms with Gasteiger partial charge in [0.1, 0.15) is 0 Å². The molecule has 1 aliphatic rings. The Balaban J connectivity index is 1.82. The van der Waals surface area contributed by atoms with E-state index < -0.39 is 5.97 Å². The normalized spacial score (nSPS) is 17.2. The van der Waals surface area contributed by atoms with Crippen molar-refractivity contribution in [2.75, 3.05) is 0 Å². The molecule has 1 rings (SSSR count). The van der Waals surface area contributed by atoms with Gasteiger partial charge in [0.05, 0.1) is 6.08 Å². The maximum absolute atomic E-state index is 10.4. The first kappa shape index (κ1) is 17.8. The average molecular weight is 294 g/mol. The Morgan fingerprint density at radius 2 is 1.43 bits per heavy atom. The van der Waals surface area contributed by atoms with E-state index in [2.05, 4.69) is 6.92 Å². The van der Waals surface area contributed by atoms with Crippen LogP contribution < -0.4 is 0 Å². The van der Waals surface area contributed by atoms with Gasteiger partial charge in [-0.15, -0.1) is 0 Å². The molecule has 21 heavy (non-hydrogen) atoms. The predicted octanol–water partition coefficient (Wildman–Crippen LogP) is 5.57. The molecule has 0 aromatic heterocycles. The van der Waals surface area contributed by atoms with Crippen molar-refractivity contribution < 1.29 is 14.6 Å². The van der Waals surface area contributed by atoms with Crippen molar-refractivity contribution in [3.8, 4) is 0 Å². The van der Waals surface area contributed by atoms with Crippen LogP contribution >= 0.6 is 0 Å². The summed E-state index contributed by atoms with van der Waals surface area (Å²) in [7, 11) is 0. The van der Waals surface area contributed by atoms with E-state index in [-0.39, 0.29) is 0 Å². The molecule has 3 heteroatoms. The van der Waals surface area contributed by atoms with Crippen molar-refractivity contribution >= 4 is 5.97 Å². The molecule has 0 aromatic rings. The first-order valence-electron chi connectivity index (χ1n) is 8.57. The van der Waals surface area contributed by atoms with Crippen molar-refractivity contribution in [2.45, 2.75) is 84.0 Å². The highest BCUT2D eigenvalue weighted by atomic mass is 16.6. The smallest absolute Gasteiger partial charge is 0.332 e. The number of rotatable bonds is 13. The Morgan fingerprint density at radius 3 is 1.95 bits per heavy atom. The number of carbonyl (C=O) groups is 1. The molecule has 1 saturated heterocycles. The van der Waals surface area contributed by atoms with Gasteiger partial charge in [-0.05, 0) is 18.9 Å². The Kier molecular flexibility index (Phi) is 9.68. The SMILES string of the molecule is CCCCCCCCCCCCCC=C1OC1=CC(=O)O. The Labute approximate surface area is 129 Å². The molecule has 120 valence electrons. The van der Waals surface area contributed by atoms with Gasteiger partial charge in [-0.3, -0.25) is 0 Å². The summed E-state index contributed by atoms with van der Waals surface area (Å²) >= 11 is 0. The van der Waals surface area contributed by atoms with Gasteiger partial charge in [-0.2, -0.15) is 0 Å². The van der Waals surface area contributed by atoms with Crippen LogP contribution in [0.2, 0.25) is 0 Å². The summed E-state index contributed by atoms with van der Waals surface area (Å²) in [5.41, 5.74) is 0. The minimum absolute atomic E-state index is 0.519. The molecule has 1 fully saturated rings. The van der Waals surface area contributed by atoms with Gasteiger partial charge in [0.15, 0.2) is 11.5 Å². The molecule has 0 spiro atoms. The van der Waals surface area contributed by atoms with E-state index in [1.165, 1.54) is 70.6 Å². The lowest BCUT2D eigenvalue weighted by molar-refractivity contribution is -0.131. The summed E-state index contributed by atoms with van der Waals surface area (Å²) in [6, 6.07) is 0. The zero-order valence-electron chi connectivity index (χ0n) is 13.4. The summed E-state index contributed by atoms with van der Waals surface area (Å²) in [4.78, 5) is 10.4. The molecule has 0 aromatic carbocycles. The summed E-state index contributed by atoms with van der Waals surface area (Å²) in [6.07, 6.45) is 18.9. The van der Waals surface area contributed by atoms with Crippen LogP contribution in [0, 0.1) is 0 Å². The third kappa shape index (κ3) is 10.2. The first-order valence-corrected chi connectivity index (χ1v) is 8.57. The maximum atomic E-state index is 10.4. The molecule has 3 nitrogen and oxygen atoms in total. The van der Waals surface area contributed by atoms with Gasteiger partial charge in [-0.25, -0.2) is 4.79 Å². The molecule has 1 N–H and O–H groups in total. The van der Waals surface area contributed by atoms with Crippen molar-refractivity contribution in [2.24, 2.45) is 0 Å². The highest BCUT2D eigenvalue weighted by molar-refractivity contribution is 5.82. The minimum atomic E-state index is -0.942. The van der Waals surface area contributed by atoms with E-state index in [0.29, 0.717) is 5.76 Å². The van der Waals surface area contributed by atoms with E-state index in [1.54, 1.807) is 0 Å². The van der Waals surface area contributed by atoms with Crippen LogP contribution in [-0.4, -0.2) is 11.1 Å². The van der Waals surface area contributed by atoms with Crippen molar-refractivity contribution in [1.29, 1.82) is 0 Å². The van der Waals surface area contributed by atoms with Gasteiger partial charge < -0.3 is 9.84 Å². The fraction of sp³-hybridized carbons (Fsp3) is 0.722. The molecule has 0 radical (unpaired) electrons.